The van der Waals surface area contributed by atoms with E-state index in [-0.39, 0.29) is 36.9 Å². The Balaban J connectivity index is 1.61. The SMILES string of the molecule is CC(C)N(Cc1ccccc1)C(=O)COC(=O)C1CC(O)CN1C(=O)Cc1ccccc1F. The van der Waals surface area contributed by atoms with E-state index in [9.17, 15) is 23.9 Å². The number of benzene rings is 2. The number of aliphatic hydroxyl groups excluding tert-OH is 1. The number of halogens is 1. The molecule has 1 heterocycles. The highest BCUT2D eigenvalue weighted by atomic mass is 19.1. The van der Waals surface area contributed by atoms with Gasteiger partial charge in [-0.1, -0.05) is 48.5 Å². The minimum Gasteiger partial charge on any atom is -0.454 e. The van der Waals surface area contributed by atoms with Crippen LogP contribution in [-0.4, -0.2) is 64.0 Å². The van der Waals surface area contributed by atoms with Crippen molar-refractivity contribution < 1.29 is 28.6 Å². The van der Waals surface area contributed by atoms with Crippen molar-refractivity contribution in [3.63, 3.8) is 0 Å². The van der Waals surface area contributed by atoms with Crippen LogP contribution < -0.4 is 0 Å². The third kappa shape index (κ3) is 6.38. The second kappa shape index (κ2) is 11.0. The maximum atomic E-state index is 13.9. The number of β-amino-alcohol motifs (C(OH)–C–C–N with tert-alkyl or cyclic N) is 1. The van der Waals surface area contributed by atoms with E-state index in [2.05, 4.69) is 0 Å². The predicted molar refractivity (Wildman–Crippen MR) is 119 cm³/mol. The van der Waals surface area contributed by atoms with Crippen LogP contribution in [0.15, 0.2) is 54.6 Å². The van der Waals surface area contributed by atoms with Crippen LogP contribution >= 0.6 is 0 Å². The number of aliphatic hydroxyl groups is 1. The van der Waals surface area contributed by atoms with E-state index in [1.165, 1.54) is 23.1 Å². The first-order valence-corrected chi connectivity index (χ1v) is 11.0. The van der Waals surface area contributed by atoms with Gasteiger partial charge in [-0.05, 0) is 31.0 Å². The van der Waals surface area contributed by atoms with Crippen LogP contribution in [0.3, 0.4) is 0 Å². The normalized spacial score (nSPS) is 17.8. The highest BCUT2D eigenvalue weighted by Crippen LogP contribution is 2.21. The molecule has 2 atom stereocenters. The standard InChI is InChI=1S/C25H29FN2O5/c1-17(2)27(14-18-8-4-3-5-9-18)24(31)16-33-25(32)22-13-20(29)15-28(22)23(30)12-19-10-6-7-11-21(19)26/h3-11,17,20,22,29H,12-16H2,1-2H3. The molecule has 0 spiro atoms. The van der Waals surface area contributed by atoms with Crippen LogP contribution in [0.1, 0.15) is 31.4 Å². The Labute approximate surface area is 192 Å². The fourth-order valence-corrected chi connectivity index (χ4v) is 3.87. The molecule has 1 saturated heterocycles. The maximum absolute atomic E-state index is 13.9. The molecular formula is C25H29FN2O5. The Hall–Kier alpha value is -3.26. The number of carbonyl (C=O) groups excluding carboxylic acids is 3. The van der Waals surface area contributed by atoms with Gasteiger partial charge in [0.1, 0.15) is 11.9 Å². The first-order chi connectivity index (χ1) is 15.8. The van der Waals surface area contributed by atoms with Gasteiger partial charge >= 0.3 is 5.97 Å². The van der Waals surface area contributed by atoms with E-state index in [4.69, 9.17) is 4.74 Å². The number of likely N-dealkylation sites (tertiary alicyclic amines) is 1. The lowest BCUT2D eigenvalue weighted by Gasteiger charge is -2.27. The van der Waals surface area contributed by atoms with Gasteiger partial charge in [-0.2, -0.15) is 0 Å². The van der Waals surface area contributed by atoms with Crippen LogP contribution in [0.25, 0.3) is 0 Å². The molecule has 0 bridgehead atoms. The Morgan fingerprint density at radius 2 is 1.79 bits per heavy atom. The molecule has 33 heavy (non-hydrogen) atoms. The summed E-state index contributed by atoms with van der Waals surface area (Å²) in [6, 6.07) is 14.3. The lowest BCUT2D eigenvalue weighted by atomic mass is 10.1. The van der Waals surface area contributed by atoms with Gasteiger partial charge in [-0.3, -0.25) is 9.59 Å². The summed E-state index contributed by atoms with van der Waals surface area (Å²) in [6.07, 6.45) is -1.12. The number of amides is 2. The van der Waals surface area contributed by atoms with Crippen LogP contribution in [0.4, 0.5) is 4.39 Å². The average Bonchev–Trinajstić information content (AvgIpc) is 3.19. The predicted octanol–water partition coefficient (Wildman–Crippen LogP) is 2.31. The summed E-state index contributed by atoms with van der Waals surface area (Å²) in [7, 11) is 0. The minimum absolute atomic E-state index is 0.00788. The molecule has 0 saturated carbocycles. The highest BCUT2D eigenvalue weighted by molar-refractivity contribution is 5.88. The lowest BCUT2D eigenvalue weighted by Crippen LogP contribution is -2.44. The molecule has 1 fully saturated rings. The fraction of sp³-hybridized carbons (Fsp3) is 0.400. The number of hydrogen-bond donors (Lipinski definition) is 1. The fourth-order valence-electron chi connectivity index (χ4n) is 3.87. The van der Waals surface area contributed by atoms with Gasteiger partial charge in [-0.25, -0.2) is 9.18 Å². The van der Waals surface area contributed by atoms with Crippen molar-refractivity contribution in [2.75, 3.05) is 13.2 Å². The van der Waals surface area contributed by atoms with Gasteiger partial charge in [0.25, 0.3) is 5.91 Å². The summed E-state index contributed by atoms with van der Waals surface area (Å²) >= 11 is 0. The zero-order valence-electron chi connectivity index (χ0n) is 18.8. The van der Waals surface area contributed by atoms with Crippen molar-refractivity contribution in [2.45, 2.75) is 51.4 Å². The van der Waals surface area contributed by atoms with Crippen molar-refractivity contribution in [3.05, 3.63) is 71.5 Å². The molecule has 2 aromatic carbocycles. The van der Waals surface area contributed by atoms with Crippen molar-refractivity contribution in [1.29, 1.82) is 0 Å². The van der Waals surface area contributed by atoms with Gasteiger partial charge in [0.05, 0.1) is 12.5 Å². The molecule has 1 aliphatic heterocycles. The van der Waals surface area contributed by atoms with Crippen molar-refractivity contribution in [1.82, 2.24) is 9.80 Å². The van der Waals surface area contributed by atoms with Gasteiger partial charge in [0, 0.05) is 25.6 Å². The van der Waals surface area contributed by atoms with Crippen LogP contribution in [-0.2, 0) is 32.1 Å². The largest absolute Gasteiger partial charge is 0.454 e. The molecular weight excluding hydrogens is 427 g/mol. The highest BCUT2D eigenvalue weighted by Gasteiger charge is 2.40. The number of nitrogens with zero attached hydrogens (tertiary/aromatic N) is 2. The minimum atomic E-state index is -1.02. The molecule has 176 valence electrons. The van der Waals surface area contributed by atoms with E-state index >= 15 is 0 Å². The first kappa shape index (κ1) is 24.4. The maximum Gasteiger partial charge on any atom is 0.329 e. The molecule has 2 aromatic rings. The Bertz CT molecular complexity index is 982. The van der Waals surface area contributed by atoms with E-state index in [1.807, 2.05) is 44.2 Å². The van der Waals surface area contributed by atoms with Crippen LogP contribution in [0, 0.1) is 5.82 Å². The number of carbonyl (C=O) groups is 3. The number of rotatable bonds is 8. The van der Waals surface area contributed by atoms with E-state index in [1.54, 1.807) is 11.0 Å². The molecule has 0 aliphatic carbocycles. The van der Waals surface area contributed by atoms with Gasteiger partial charge in [-0.15, -0.1) is 0 Å². The summed E-state index contributed by atoms with van der Waals surface area (Å²) in [5.74, 6) is -2.12. The van der Waals surface area contributed by atoms with Crippen LogP contribution in [0.5, 0.6) is 0 Å². The summed E-state index contributed by atoms with van der Waals surface area (Å²) in [4.78, 5) is 41.0. The zero-order valence-corrected chi connectivity index (χ0v) is 18.8. The summed E-state index contributed by atoms with van der Waals surface area (Å²) in [5, 5.41) is 10.0. The van der Waals surface area contributed by atoms with E-state index in [0.717, 1.165) is 5.56 Å². The quantitative estimate of drug-likeness (QED) is 0.616. The Morgan fingerprint density at radius 1 is 1.12 bits per heavy atom. The molecule has 3 rings (SSSR count). The second-order valence-corrected chi connectivity index (χ2v) is 8.43. The monoisotopic (exact) mass is 456 g/mol. The van der Waals surface area contributed by atoms with E-state index < -0.39 is 36.4 Å². The number of hydrogen-bond acceptors (Lipinski definition) is 5. The van der Waals surface area contributed by atoms with Gasteiger partial charge in [0.2, 0.25) is 5.91 Å². The summed E-state index contributed by atoms with van der Waals surface area (Å²) in [6.45, 7) is 3.61. The molecule has 2 amide bonds. The van der Waals surface area contributed by atoms with Crippen molar-refractivity contribution >= 4 is 17.8 Å². The summed E-state index contributed by atoms with van der Waals surface area (Å²) in [5.41, 5.74) is 1.16. The smallest absolute Gasteiger partial charge is 0.329 e. The van der Waals surface area contributed by atoms with Crippen molar-refractivity contribution in [2.24, 2.45) is 0 Å². The second-order valence-electron chi connectivity index (χ2n) is 8.43. The first-order valence-electron chi connectivity index (χ1n) is 11.0. The zero-order chi connectivity index (χ0) is 24.0. The third-order valence-corrected chi connectivity index (χ3v) is 5.65. The Kier molecular flexibility index (Phi) is 8.16. The number of esters is 1. The third-order valence-electron chi connectivity index (χ3n) is 5.65. The lowest BCUT2D eigenvalue weighted by molar-refractivity contribution is -0.158. The molecule has 7 nitrogen and oxygen atoms in total. The van der Waals surface area contributed by atoms with E-state index in [0.29, 0.717) is 6.54 Å². The van der Waals surface area contributed by atoms with Gasteiger partial charge < -0.3 is 19.6 Å². The topological polar surface area (TPSA) is 87.2 Å². The molecule has 1 aliphatic rings. The molecule has 0 radical (unpaired) electrons. The molecule has 1 N–H and O–H groups in total. The van der Waals surface area contributed by atoms with Crippen LogP contribution in [0.2, 0.25) is 0 Å². The van der Waals surface area contributed by atoms with Gasteiger partial charge in [0.15, 0.2) is 6.61 Å². The summed E-state index contributed by atoms with van der Waals surface area (Å²) < 4.78 is 19.2. The molecule has 0 aromatic heterocycles. The number of ether oxygens (including phenoxy) is 1. The molecule has 2 unspecified atom stereocenters. The molecule has 8 heteroatoms. The average molecular weight is 457 g/mol. The Morgan fingerprint density at radius 3 is 2.45 bits per heavy atom. The van der Waals surface area contributed by atoms with Crippen molar-refractivity contribution in [3.8, 4) is 0 Å².